The molecule has 0 radical (unpaired) electrons. The fourth-order valence-electron chi connectivity index (χ4n) is 0.136. The molecule has 0 fully saturated rings. The topological polar surface area (TPSA) is 29.1 Å². The fourth-order valence-corrected chi connectivity index (χ4v) is 0.136. The Kier molecular flexibility index (Phi) is 19.8. The monoisotopic (exact) mass is 159 g/mol. The second kappa shape index (κ2) is 10.1. The molecule has 0 aromatic heterocycles. The van der Waals surface area contributed by atoms with Crippen LogP contribution in [0.2, 0.25) is 0 Å². The molecule has 1 amide bonds. The van der Waals surface area contributed by atoms with E-state index in [0.29, 0.717) is 6.41 Å². The average Bonchev–Trinajstić information content (AvgIpc) is 1.35. The van der Waals surface area contributed by atoms with Crippen molar-refractivity contribution in [3.8, 4) is 0 Å². The molecule has 0 rings (SSSR count). The number of hydrogen-bond acceptors (Lipinski definition) is 1. The van der Waals surface area contributed by atoms with Crippen molar-refractivity contribution in [2.45, 2.75) is 19.9 Å². The second-order valence-electron chi connectivity index (χ2n) is 1.44. The van der Waals surface area contributed by atoms with E-state index in [1.54, 1.807) is 0 Å². The molecule has 0 saturated carbocycles. The molecule has 0 aromatic rings. The molecule has 52 valence electrons. The Balaban J connectivity index is -0.000000125. The van der Waals surface area contributed by atoms with E-state index in [1.807, 2.05) is 13.8 Å². The molecule has 0 aliphatic rings. The first-order valence-electron chi connectivity index (χ1n) is 1.97. The van der Waals surface area contributed by atoms with Crippen LogP contribution in [0.25, 0.3) is 0 Å². The summed E-state index contributed by atoms with van der Waals surface area (Å²) in [4.78, 5) is 9.50. The summed E-state index contributed by atoms with van der Waals surface area (Å²) in [6.07, 6.45) is 0.699. The van der Waals surface area contributed by atoms with Crippen molar-refractivity contribution in [1.29, 1.82) is 0 Å². The first kappa shape index (κ1) is 15.7. The Morgan fingerprint density at radius 2 is 1.75 bits per heavy atom. The van der Waals surface area contributed by atoms with E-state index in [1.165, 1.54) is 0 Å². The summed E-state index contributed by atoms with van der Waals surface area (Å²) in [7, 11) is 0. The molecule has 0 aliphatic heterocycles. The highest BCUT2D eigenvalue weighted by atomic mass is 35.5. The van der Waals surface area contributed by atoms with Gasteiger partial charge >= 0.3 is 0 Å². The summed E-state index contributed by atoms with van der Waals surface area (Å²) in [5, 5.41) is 2.53. The molecular weight excluding hydrogens is 149 g/mol. The zero-order valence-corrected chi connectivity index (χ0v) is 6.51. The molecule has 0 unspecified atom stereocenters. The van der Waals surface area contributed by atoms with Gasteiger partial charge in [0.1, 0.15) is 0 Å². The van der Waals surface area contributed by atoms with E-state index in [9.17, 15) is 4.79 Å². The van der Waals surface area contributed by atoms with Crippen molar-refractivity contribution >= 4 is 31.2 Å². The zero-order chi connectivity index (χ0) is 4.99. The second-order valence-corrected chi connectivity index (χ2v) is 1.44. The maximum atomic E-state index is 9.50. The molecular formula is C4H11Cl2NO. The van der Waals surface area contributed by atoms with Crippen molar-refractivity contribution in [1.82, 2.24) is 5.32 Å². The number of carbonyl (C=O) groups is 1. The van der Waals surface area contributed by atoms with Gasteiger partial charge in [0.2, 0.25) is 6.41 Å². The lowest BCUT2D eigenvalue weighted by molar-refractivity contribution is -0.109. The minimum Gasteiger partial charge on any atom is -0.357 e. The van der Waals surface area contributed by atoms with Gasteiger partial charge in [0.05, 0.1) is 0 Å². The van der Waals surface area contributed by atoms with Gasteiger partial charge in [-0.15, -0.1) is 24.8 Å². The number of halogens is 2. The van der Waals surface area contributed by atoms with Gasteiger partial charge in [0.15, 0.2) is 0 Å². The van der Waals surface area contributed by atoms with E-state index in [0.717, 1.165) is 0 Å². The van der Waals surface area contributed by atoms with Gasteiger partial charge in [0, 0.05) is 6.04 Å². The summed E-state index contributed by atoms with van der Waals surface area (Å²) in [6.45, 7) is 3.82. The Morgan fingerprint density at radius 3 is 1.75 bits per heavy atom. The zero-order valence-electron chi connectivity index (χ0n) is 4.88. The van der Waals surface area contributed by atoms with Crippen LogP contribution in [0.15, 0.2) is 0 Å². The molecule has 0 aromatic carbocycles. The van der Waals surface area contributed by atoms with E-state index in [-0.39, 0.29) is 30.9 Å². The van der Waals surface area contributed by atoms with E-state index in [2.05, 4.69) is 5.32 Å². The standard InChI is InChI=1S/C4H9NO.2ClH/c1-4(2)5-3-6;;/h3-4H,1-2H3,(H,5,6);2*1H. The number of carbonyl (C=O) groups excluding carboxylic acids is 1. The maximum Gasteiger partial charge on any atom is 0.207 e. The lowest BCUT2D eigenvalue weighted by atomic mass is 10.4. The van der Waals surface area contributed by atoms with Crippen LogP contribution in [-0.4, -0.2) is 12.5 Å². The molecule has 4 heteroatoms. The normalized spacial score (nSPS) is 6.38. The SMILES string of the molecule is CC(C)NC=O.Cl.Cl. The molecule has 0 aliphatic carbocycles. The van der Waals surface area contributed by atoms with Gasteiger partial charge in [-0.3, -0.25) is 4.79 Å². The number of amides is 1. The van der Waals surface area contributed by atoms with Crippen molar-refractivity contribution in [3.63, 3.8) is 0 Å². The highest BCUT2D eigenvalue weighted by Crippen LogP contribution is 1.67. The van der Waals surface area contributed by atoms with Crippen molar-refractivity contribution in [3.05, 3.63) is 0 Å². The summed E-state index contributed by atoms with van der Waals surface area (Å²) >= 11 is 0. The van der Waals surface area contributed by atoms with E-state index < -0.39 is 0 Å². The summed E-state index contributed by atoms with van der Waals surface area (Å²) in [5.41, 5.74) is 0. The molecule has 0 saturated heterocycles. The van der Waals surface area contributed by atoms with Gasteiger partial charge in [0.25, 0.3) is 0 Å². The van der Waals surface area contributed by atoms with Crippen LogP contribution in [0.4, 0.5) is 0 Å². The Hall–Kier alpha value is 0.0500. The number of hydrogen-bond donors (Lipinski definition) is 1. The Labute approximate surface area is 61.9 Å². The van der Waals surface area contributed by atoms with Gasteiger partial charge in [-0.2, -0.15) is 0 Å². The van der Waals surface area contributed by atoms with Crippen molar-refractivity contribution in [2.75, 3.05) is 0 Å². The number of rotatable bonds is 2. The molecule has 0 bridgehead atoms. The summed E-state index contributed by atoms with van der Waals surface area (Å²) in [5.74, 6) is 0. The molecule has 0 spiro atoms. The van der Waals surface area contributed by atoms with Gasteiger partial charge in [-0.05, 0) is 13.8 Å². The number of nitrogens with one attached hydrogen (secondary N) is 1. The molecule has 0 atom stereocenters. The molecule has 1 N–H and O–H groups in total. The van der Waals surface area contributed by atoms with Crippen LogP contribution >= 0.6 is 24.8 Å². The Bertz CT molecular complexity index is 49.3. The predicted molar refractivity (Wildman–Crippen MR) is 38.8 cm³/mol. The summed E-state index contributed by atoms with van der Waals surface area (Å²) in [6, 6.07) is 0.280. The van der Waals surface area contributed by atoms with Gasteiger partial charge < -0.3 is 5.32 Å². The lowest BCUT2D eigenvalue weighted by Crippen LogP contribution is -2.19. The third kappa shape index (κ3) is 16.6. The van der Waals surface area contributed by atoms with Crippen LogP contribution in [0, 0.1) is 0 Å². The Morgan fingerprint density at radius 1 is 1.38 bits per heavy atom. The smallest absolute Gasteiger partial charge is 0.207 e. The predicted octanol–water partition coefficient (Wildman–Crippen LogP) is 0.984. The highest BCUT2D eigenvalue weighted by molar-refractivity contribution is 5.85. The van der Waals surface area contributed by atoms with Crippen LogP contribution < -0.4 is 5.32 Å². The van der Waals surface area contributed by atoms with Crippen molar-refractivity contribution < 1.29 is 4.79 Å². The van der Waals surface area contributed by atoms with E-state index in [4.69, 9.17) is 0 Å². The third-order valence-corrected chi connectivity index (χ3v) is 0.401. The third-order valence-electron chi connectivity index (χ3n) is 0.401. The van der Waals surface area contributed by atoms with E-state index >= 15 is 0 Å². The van der Waals surface area contributed by atoms with Crippen LogP contribution in [-0.2, 0) is 4.79 Å². The molecule has 2 nitrogen and oxygen atoms in total. The molecule has 0 heterocycles. The summed E-state index contributed by atoms with van der Waals surface area (Å²) < 4.78 is 0. The fraction of sp³-hybridized carbons (Fsp3) is 0.750. The highest BCUT2D eigenvalue weighted by Gasteiger charge is 1.81. The van der Waals surface area contributed by atoms with Crippen LogP contribution in [0.5, 0.6) is 0 Å². The minimum absolute atomic E-state index is 0. The first-order valence-corrected chi connectivity index (χ1v) is 1.97. The van der Waals surface area contributed by atoms with Crippen molar-refractivity contribution in [2.24, 2.45) is 0 Å². The van der Waals surface area contributed by atoms with Crippen LogP contribution in [0.1, 0.15) is 13.8 Å². The quantitative estimate of drug-likeness (QED) is 0.599. The average molecular weight is 160 g/mol. The first-order chi connectivity index (χ1) is 2.77. The minimum atomic E-state index is 0. The van der Waals surface area contributed by atoms with Gasteiger partial charge in [-0.1, -0.05) is 0 Å². The maximum absolute atomic E-state index is 9.50. The van der Waals surface area contributed by atoms with Gasteiger partial charge in [-0.25, -0.2) is 0 Å². The van der Waals surface area contributed by atoms with Crippen LogP contribution in [0.3, 0.4) is 0 Å². The largest absolute Gasteiger partial charge is 0.357 e. The lowest BCUT2D eigenvalue weighted by Gasteiger charge is -1.96. The molecule has 8 heavy (non-hydrogen) atoms.